The van der Waals surface area contributed by atoms with Crippen LogP contribution in [0.5, 0.6) is 0 Å². The van der Waals surface area contributed by atoms with E-state index in [1.165, 1.54) is 6.08 Å². The molecule has 202 valence electrons. The summed E-state index contributed by atoms with van der Waals surface area (Å²) >= 11 is 0. The third-order valence-electron chi connectivity index (χ3n) is 6.73. The van der Waals surface area contributed by atoms with E-state index in [1.54, 1.807) is 6.07 Å². The molecule has 0 aliphatic carbocycles. The number of benzene rings is 5. The molecule has 0 radical (unpaired) electrons. The molecule has 0 saturated carbocycles. The van der Waals surface area contributed by atoms with Crippen LogP contribution < -0.4 is 4.90 Å². The van der Waals surface area contributed by atoms with Crippen molar-refractivity contribution in [2.45, 2.75) is 0 Å². The molecule has 0 aromatic heterocycles. The molecule has 0 atom stereocenters. The lowest BCUT2D eigenvalue weighted by Crippen LogP contribution is -2.11. The quantitative estimate of drug-likeness (QED) is 0.149. The van der Waals surface area contributed by atoms with E-state index < -0.39 is 5.97 Å². The van der Waals surface area contributed by atoms with Crippen molar-refractivity contribution >= 4 is 28.9 Å². The Labute approximate surface area is 246 Å². The van der Waals surface area contributed by atoms with Crippen LogP contribution in [0.2, 0.25) is 0 Å². The number of carboxylic acids is 1. The van der Waals surface area contributed by atoms with E-state index in [9.17, 15) is 15.2 Å². The molecule has 4 nitrogen and oxygen atoms in total. The number of nitriles is 1. The summed E-state index contributed by atoms with van der Waals surface area (Å²) in [7, 11) is 0. The second kappa shape index (κ2) is 13.4. The van der Waals surface area contributed by atoms with Gasteiger partial charge in [0.1, 0.15) is 11.6 Å². The van der Waals surface area contributed by atoms with Crippen LogP contribution in [-0.2, 0) is 4.79 Å². The topological polar surface area (TPSA) is 64.3 Å². The standard InChI is InChI=1S/C38H28N2O2/c39-26-34(38(41)42)25-29-21-23-35(24-22-29)40(27-36(30-13-5-1-6-14-30)31-15-7-2-8-16-31)28-37(32-17-9-3-10-18-32)33-19-11-4-12-20-33/h1-25,27-28H,(H,41,42)/b34-25+. The zero-order chi connectivity index (χ0) is 29.1. The van der Waals surface area contributed by atoms with Gasteiger partial charge in [0.25, 0.3) is 0 Å². The Bertz CT molecular complexity index is 1590. The number of carbonyl (C=O) groups is 1. The minimum absolute atomic E-state index is 0.315. The first-order valence-electron chi connectivity index (χ1n) is 13.5. The van der Waals surface area contributed by atoms with Crippen LogP contribution in [0.15, 0.2) is 164 Å². The molecule has 5 aromatic carbocycles. The number of hydrogen-bond donors (Lipinski definition) is 1. The average molecular weight is 545 g/mol. The van der Waals surface area contributed by atoms with Crippen LogP contribution in [0.4, 0.5) is 5.69 Å². The molecule has 0 fully saturated rings. The van der Waals surface area contributed by atoms with Crippen molar-refractivity contribution in [3.05, 3.63) is 191 Å². The van der Waals surface area contributed by atoms with Gasteiger partial charge in [0, 0.05) is 29.2 Å². The lowest BCUT2D eigenvalue weighted by molar-refractivity contribution is -0.132. The predicted octanol–water partition coefficient (Wildman–Crippen LogP) is 8.66. The lowest BCUT2D eigenvalue weighted by atomic mass is 9.97. The van der Waals surface area contributed by atoms with Gasteiger partial charge in [-0.1, -0.05) is 133 Å². The van der Waals surface area contributed by atoms with E-state index in [-0.39, 0.29) is 5.57 Å². The van der Waals surface area contributed by atoms with Crippen LogP contribution in [-0.4, -0.2) is 11.1 Å². The molecule has 42 heavy (non-hydrogen) atoms. The minimum Gasteiger partial charge on any atom is -0.477 e. The van der Waals surface area contributed by atoms with Gasteiger partial charge in [0.05, 0.1) is 0 Å². The summed E-state index contributed by atoms with van der Waals surface area (Å²) in [5, 5.41) is 18.5. The van der Waals surface area contributed by atoms with Crippen molar-refractivity contribution in [1.29, 1.82) is 5.26 Å². The van der Waals surface area contributed by atoms with Crippen LogP contribution in [0.1, 0.15) is 27.8 Å². The predicted molar refractivity (Wildman–Crippen MR) is 170 cm³/mol. The Morgan fingerprint density at radius 3 is 1.24 bits per heavy atom. The van der Waals surface area contributed by atoms with Gasteiger partial charge in [-0.15, -0.1) is 0 Å². The first kappa shape index (κ1) is 27.6. The Morgan fingerprint density at radius 2 is 0.929 bits per heavy atom. The number of anilines is 1. The van der Waals surface area contributed by atoms with Crippen molar-refractivity contribution < 1.29 is 9.90 Å². The second-order valence-corrected chi connectivity index (χ2v) is 9.52. The highest BCUT2D eigenvalue weighted by atomic mass is 16.4. The molecular formula is C38H28N2O2. The Hall–Kier alpha value is -5.92. The zero-order valence-electron chi connectivity index (χ0n) is 22.8. The summed E-state index contributed by atoms with van der Waals surface area (Å²) in [4.78, 5) is 13.5. The summed E-state index contributed by atoms with van der Waals surface area (Å²) in [6.07, 6.45) is 5.62. The van der Waals surface area contributed by atoms with E-state index >= 15 is 0 Å². The Kier molecular flexibility index (Phi) is 8.84. The molecule has 1 N–H and O–H groups in total. The molecule has 0 unspecified atom stereocenters. The summed E-state index contributed by atoms with van der Waals surface area (Å²) in [6, 6.07) is 50.3. The fourth-order valence-corrected chi connectivity index (χ4v) is 4.62. The van der Waals surface area contributed by atoms with Crippen molar-refractivity contribution in [3.8, 4) is 6.07 Å². The van der Waals surface area contributed by atoms with Gasteiger partial charge in [0.2, 0.25) is 0 Å². The smallest absolute Gasteiger partial charge is 0.346 e. The average Bonchev–Trinajstić information content (AvgIpc) is 3.05. The molecule has 0 aliphatic rings. The molecular weight excluding hydrogens is 516 g/mol. The zero-order valence-corrected chi connectivity index (χ0v) is 22.8. The van der Waals surface area contributed by atoms with Gasteiger partial charge in [-0.2, -0.15) is 5.26 Å². The van der Waals surface area contributed by atoms with Gasteiger partial charge in [-0.25, -0.2) is 4.79 Å². The minimum atomic E-state index is -1.25. The fourth-order valence-electron chi connectivity index (χ4n) is 4.62. The Morgan fingerprint density at radius 1 is 0.571 bits per heavy atom. The van der Waals surface area contributed by atoms with Crippen molar-refractivity contribution in [3.63, 3.8) is 0 Å². The van der Waals surface area contributed by atoms with Crippen LogP contribution in [0.25, 0.3) is 17.2 Å². The highest BCUT2D eigenvalue weighted by molar-refractivity contribution is 5.96. The maximum absolute atomic E-state index is 11.4. The van der Waals surface area contributed by atoms with E-state index in [1.807, 2.05) is 97.1 Å². The largest absolute Gasteiger partial charge is 0.477 e. The first-order valence-corrected chi connectivity index (χ1v) is 13.5. The van der Waals surface area contributed by atoms with E-state index in [0.717, 1.165) is 39.1 Å². The normalized spacial score (nSPS) is 10.7. The summed E-state index contributed by atoms with van der Waals surface area (Å²) in [6.45, 7) is 0. The van der Waals surface area contributed by atoms with Crippen molar-refractivity contribution in [2.75, 3.05) is 4.90 Å². The summed E-state index contributed by atoms with van der Waals surface area (Å²) < 4.78 is 0. The number of aliphatic carboxylic acids is 1. The van der Waals surface area contributed by atoms with Gasteiger partial charge >= 0.3 is 5.97 Å². The first-order chi connectivity index (χ1) is 20.6. The van der Waals surface area contributed by atoms with Gasteiger partial charge in [0.15, 0.2) is 0 Å². The fraction of sp³-hybridized carbons (Fsp3) is 0. The van der Waals surface area contributed by atoms with Crippen LogP contribution in [0, 0.1) is 11.3 Å². The maximum atomic E-state index is 11.4. The molecule has 0 heterocycles. The van der Waals surface area contributed by atoms with Gasteiger partial charge in [-0.3, -0.25) is 0 Å². The highest BCUT2D eigenvalue weighted by Crippen LogP contribution is 2.30. The third-order valence-corrected chi connectivity index (χ3v) is 6.73. The molecule has 5 aromatic rings. The lowest BCUT2D eigenvalue weighted by Gasteiger charge is -2.22. The number of hydrogen-bond acceptors (Lipinski definition) is 3. The molecule has 0 aliphatic heterocycles. The third kappa shape index (κ3) is 6.80. The molecule has 0 spiro atoms. The van der Waals surface area contributed by atoms with Crippen LogP contribution >= 0.6 is 0 Å². The van der Waals surface area contributed by atoms with Gasteiger partial charge < -0.3 is 10.0 Å². The molecule has 4 heteroatoms. The van der Waals surface area contributed by atoms with Crippen LogP contribution in [0.3, 0.4) is 0 Å². The number of rotatable bonds is 9. The second-order valence-electron chi connectivity index (χ2n) is 9.52. The number of carboxylic acid groups (broad SMARTS) is 1. The summed E-state index contributed by atoms with van der Waals surface area (Å²) in [5.41, 5.74) is 7.54. The van der Waals surface area contributed by atoms with Crippen molar-refractivity contribution in [2.24, 2.45) is 0 Å². The molecule has 0 amide bonds. The molecule has 5 rings (SSSR count). The van der Waals surface area contributed by atoms with E-state index in [0.29, 0.717) is 5.56 Å². The van der Waals surface area contributed by atoms with E-state index in [2.05, 4.69) is 65.8 Å². The monoisotopic (exact) mass is 544 g/mol. The SMILES string of the molecule is N#C/C(=C\c1ccc(N(C=C(c2ccccc2)c2ccccc2)C=C(c2ccccc2)c2ccccc2)cc1)C(=O)O. The molecule has 0 bridgehead atoms. The maximum Gasteiger partial charge on any atom is 0.346 e. The highest BCUT2D eigenvalue weighted by Gasteiger charge is 2.13. The molecule has 0 saturated heterocycles. The summed E-state index contributed by atoms with van der Waals surface area (Å²) in [5.74, 6) is -1.25. The Balaban J connectivity index is 1.72. The van der Waals surface area contributed by atoms with Gasteiger partial charge in [-0.05, 0) is 46.0 Å². The number of nitrogens with zero attached hydrogens (tertiary/aromatic N) is 2. The van der Waals surface area contributed by atoms with Crippen molar-refractivity contribution in [1.82, 2.24) is 0 Å². The van der Waals surface area contributed by atoms with E-state index in [4.69, 9.17) is 0 Å².